The van der Waals surface area contributed by atoms with Gasteiger partial charge in [0.1, 0.15) is 0 Å². The van der Waals surface area contributed by atoms with Crippen LogP contribution >= 0.6 is 0 Å². The van der Waals surface area contributed by atoms with Crippen LogP contribution in [-0.4, -0.2) is 37.0 Å². The van der Waals surface area contributed by atoms with E-state index in [2.05, 4.69) is 6.07 Å². The number of para-hydroxylation sites is 1. The average Bonchev–Trinajstić information content (AvgIpc) is 3.09. The van der Waals surface area contributed by atoms with E-state index < -0.39 is 22.4 Å². The first kappa shape index (κ1) is 20.1. The van der Waals surface area contributed by atoms with Crippen molar-refractivity contribution in [1.82, 2.24) is 4.90 Å². The zero-order chi connectivity index (χ0) is 20.5. The van der Waals surface area contributed by atoms with Gasteiger partial charge in [-0.2, -0.15) is 13.2 Å². The van der Waals surface area contributed by atoms with Crippen molar-refractivity contribution in [2.75, 3.05) is 32.1 Å². The van der Waals surface area contributed by atoms with Crippen LogP contribution < -0.4 is 4.90 Å². The average molecular weight is 393 g/mol. The van der Waals surface area contributed by atoms with E-state index in [-0.39, 0.29) is 18.0 Å². The molecule has 1 heterocycles. The summed E-state index contributed by atoms with van der Waals surface area (Å²) in [6, 6.07) is 11.0. The zero-order valence-corrected chi connectivity index (χ0v) is 15.7. The lowest BCUT2D eigenvalue weighted by molar-refractivity contribution is -0.385. The molecule has 2 aromatic carbocycles. The number of hydrogen-bond donors (Lipinski definition) is 0. The number of benzene rings is 2. The van der Waals surface area contributed by atoms with Gasteiger partial charge in [0.2, 0.25) is 0 Å². The molecular formula is C20H22F3N3O2. The summed E-state index contributed by atoms with van der Waals surface area (Å²) < 4.78 is 40.2. The molecule has 150 valence electrons. The van der Waals surface area contributed by atoms with E-state index in [9.17, 15) is 23.3 Å². The largest absolute Gasteiger partial charge is 0.416 e. The first-order valence-corrected chi connectivity index (χ1v) is 9.00. The van der Waals surface area contributed by atoms with Crippen molar-refractivity contribution in [3.63, 3.8) is 0 Å². The molecule has 2 aromatic rings. The summed E-state index contributed by atoms with van der Waals surface area (Å²) >= 11 is 0. The number of hydrogen-bond acceptors (Lipinski definition) is 4. The first-order chi connectivity index (χ1) is 13.2. The first-order valence-electron chi connectivity index (χ1n) is 9.00. The third kappa shape index (κ3) is 4.27. The van der Waals surface area contributed by atoms with Gasteiger partial charge in [0.25, 0.3) is 5.69 Å². The van der Waals surface area contributed by atoms with E-state index in [0.717, 1.165) is 18.2 Å². The van der Waals surface area contributed by atoms with E-state index in [1.165, 1.54) is 11.6 Å². The molecule has 0 bridgehead atoms. The molecule has 5 nitrogen and oxygen atoms in total. The fraction of sp³-hybridized carbons (Fsp3) is 0.400. The molecule has 28 heavy (non-hydrogen) atoms. The predicted molar refractivity (Wildman–Crippen MR) is 102 cm³/mol. The van der Waals surface area contributed by atoms with Crippen LogP contribution in [0.1, 0.15) is 29.0 Å². The second-order valence-corrected chi connectivity index (χ2v) is 7.27. The highest BCUT2D eigenvalue weighted by molar-refractivity contribution is 5.54. The maximum absolute atomic E-state index is 13.4. The van der Waals surface area contributed by atoms with Gasteiger partial charge in [-0.15, -0.1) is 0 Å². The molecule has 0 radical (unpaired) electrons. The second kappa shape index (κ2) is 7.79. The number of nitro benzene ring substituents is 1. The van der Waals surface area contributed by atoms with E-state index >= 15 is 0 Å². The molecule has 0 unspecified atom stereocenters. The quantitative estimate of drug-likeness (QED) is 0.547. The SMILES string of the molecule is CN(C)c1ccccc1[C@H]1CCN(Cc2ccc([N+](=O)[O-])cc2C(F)(F)F)C1. The van der Waals surface area contributed by atoms with Crippen LogP contribution in [0.2, 0.25) is 0 Å². The minimum atomic E-state index is -4.63. The van der Waals surface area contributed by atoms with Crippen LogP contribution in [0.5, 0.6) is 0 Å². The molecule has 1 aliphatic heterocycles. The number of likely N-dealkylation sites (tertiary alicyclic amines) is 1. The maximum Gasteiger partial charge on any atom is 0.416 e. The Morgan fingerprint density at radius 2 is 1.93 bits per heavy atom. The number of non-ortho nitro benzene ring substituents is 1. The van der Waals surface area contributed by atoms with Crippen molar-refractivity contribution in [3.05, 3.63) is 69.3 Å². The monoisotopic (exact) mass is 393 g/mol. The van der Waals surface area contributed by atoms with Gasteiger partial charge in [-0.3, -0.25) is 15.0 Å². The minimum absolute atomic E-state index is 0.0691. The van der Waals surface area contributed by atoms with Crippen LogP contribution in [0.25, 0.3) is 0 Å². The molecule has 0 aliphatic carbocycles. The Balaban J connectivity index is 1.80. The Kier molecular flexibility index (Phi) is 5.60. The van der Waals surface area contributed by atoms with Gasteiger partial charge in [-0.05, 0) is 36.1 Å². The van der Waals surface area contributed by atoms with Crippen molar-refractivity contribution in [1.29, 1.82) is 0 Å². The minimum Gasteiger partial charge on any atom is -0.377 e. The topological polar surface area (TPSA) is 49.6 Å². The molecule has 1 atom stereocenters. The Bertz CT molecular complexity index is 868. The molecule has 1 aliphatic rings. The number of rotatable bonds is 5. The fourth-order valence-corrected chi connectivity index (χ4v) is 3.79. The van der Waals surface area contributed by atoms with Crippen molar-refractivity contribution in [2.24, 2.45) is 0 Å². The van der Waals surface area contributed by atoms with Gasteiger partial charge < -0.3 is 4.90 Å². The highest BCUT2D eigenvalue weighted by Crippen LogP contribution is 2.37. The summed E-state index contributed by atoms with van der Waals surface area (Å²) in [6.45, 7) is 1.45. The molecule has 0 N–H and O–H groups in total. The number of halogens is 3. The molecule has 3 rings (SSSR count). The van der Waals surface area contributed by atoms with E-state index in [1.54, 1.807) is 0 Å². The number of alkyl halides is 3. The van der Waals surface area contributed by atoms with Gasteiger partial charge in [0, 0.05) is 45.0 Å². The Labute approximate surface area is 161 Å². The highest BCUT2D eigenvalue weighted by atomic mass is 19.4. The summed E-state index contributed by atoms with van der Waals surface area (Å²) in [4.78, 5) is 14.1. The van der Waals surface area contributed by atoms with E-state index in [1.807, 2.05) is 42.1 Å². The third-order valence-corrected chi connectivity index (χ3v) is 5.13. The lowest BCUT2D eigenvalue weighted by Crippen LogP contribution is -2.22. The zero-order valence-electron chi connectivity index (χ0n) is 15.7. The van der Waals surface area contributed by atoms with Crippen molar-refractivity contribution in [2.45, 2.75) is 25.1 Å². The molecule has 0 saturated carbocycles. The summed E-state index contributed by atoms with van der Waals surface area (Å²) in [5, 5.41) is 10.8. The molecule has 0 amide bonds. The van der Waals surface area contributed by atoms with Gasteiger partial charge in [0.15, 0.2) is 0 Å². The van der Waals surface area contributed by atoms with Gasteiger partial charge in [-0.1, -0.05) is 24.3 Å². The van der Waals surface area contributed by atoms with Gasteiger partial charge >= 0.3 is 6.18 Å². The Hall–Kier alpha value is -2.61. The number of nitrogens with zero attached hydrogens (tertiary/aromatic N) is 3. The van der Waals surface area contributed by atoms with Gasteiger partial charge in [0.05, 0.1) is 10.5 Å². The smallest absolute Gasteiger partial charge is 0.377 e. The van der Waals surface area contributed by atoms with Crippen molar-refractivity contribution >= 4 is 11.4 Å². The number of nitro groups is 1. The Morgan fingerprint density at radius 3 is 2.57 bits per heavy atom. The van der Waals surface area contributed by atoms with Crippen molar-refractivity contribution < 1.29 is 18.1 Å². The van der Waals surface area contributed by atoms with Crippen LogP contribution in [0.3, 0.4) is 0 Å². The molecule has 1 saturated heterocycles. The molecular weight excluding hydrogens is 371 g/mol. The predicted octanol–water partition coefficient (Wildman–Crippen LogP) is 4.67. The standard InChI is InChI=1S/C20H22F3N3O2/c1-24(2)19-6-4-3-5-17(19)14-9-10-25(12-14)13-15-7-8-16(26(27)28)11-18(15)20(21,22)23/h3-8,11,14H,9-10,12-13H2,1-2H3/t14-/m0/s1. The van der Waals surface area contributed by atoms with Crippen LogP contribution in [-0.2, 0) is 12.7 Å². The van der Waals surface area contributed by atoms with Crippen LogP contribution in [0.4, 0.5) is 24.5 Å². The van der Waals surface area contributed by atoms with E-state index in [0.29, 0.717) is 19.2 Å². The van der Waals surface area contributed by atoms with Crippen LogP contribution in [0.15, 0.2) is 42.5 Å². The molecule has 0 spiro atoms. The maximum atomic E-state index is 13.4. The van der Waals surface area contributed by atoms with Gasteiger partial charge in [-0.25, -0.2) is 0 Å². The molecule has 8 heteroatoms. The summed E-state index contributed by atoms with van der Waals surface area (Å²) in [5.41, 5.74) is 0.893. The van der Waals surface area contributed by atoms with Crippen LogP contribution in [0, 0.1) is 10.1 Å². The summed E-state index contributed by atoms with van der Waals surface area (Å²) in [7, 11) is 3.94. The third-order valence-electron chi connectivity index (χ3n) is 5.13. The normalized spacial score (nSPS) is 17.7. The highest BCUT2D eigenvalue weighted by Gasteiger charge is 2.36. The molecule has 0 aromatic heterocycles. The summed E-state index contributed by atoms with van der Waals surface area (Å²) in [5.74, 6) is 0.242. The van der Waals surface area contributed by atoms with E-state index in [4.69, 9.17) is 0 Å². The second-order valence-electron chi connectivity index (χ2n) is 7.27. The lowest BCUT2D eigenvalue weighted by atomic mass is 9.96. The summed E-state index contributed by atoms with van der Waals surface area (Å²) in [6.07, 6.45) is -3.77. The fourth-order valence-electron chi connectivity index (χ4n) is 3.79. The number of anilines is 1. The Morgan fingerprint density at radius 1 is 1.21 bits per heavy atom. The lowest BCUT2D eigenvalue weighted by Gasteiger charge is -2.22. The molecule has 1 fully saturated rings. The van der Waals surface area contributed by atoms with Crippen molar-refractivity contribution in [3.8, 4) is 0 Å².